The summed E-state index contributed by atoms with van der Waals surface area (Å²) in [7, 11) is 0. The molecule has 1 aromatic carbocycles. The summed E-state index contributed by atoms with van der Waals surface area (Å²) in [5.74, 6) is 1.21. The fourth-order valence-corrected chi connectivity index (χ4v) is 3.63. The Balaban J connectivity index is 1.34. The maximum Gasteiger partial charge on any atom is 0.223 e. The van der Waals surface area contributed by atoms with Crippen molar-refractivity contribution in [2.75, 3.05) is 31.2 Å². The molecular formula is C19H24N4O2. The van der Waals surface area contributed by atoms with Crippen LogP contribution in [0.2, 0.25) is 0 Å². The number of rotatable bonds is 3. The number of aromatic nitrogens is 2. The lowest BCUT2D eigenvalue weighted by Crippen LogP contribution is -2.45. The number of carbonyl (C=O) groups excluding carboxylic acids is 1. The maximum absolute atomic E-state index is 12.5. The topological polar surface area (TPSA) is 67.3 Å². The Morgan fingerprint density at radius 1 is 1.08 bits per heavy atom. The van der Waals surface area contributed by atoms with Gasteiger partial charge in [0, 0.05) is 38.3 Å². The molecule has 6 heteroatoms. The Labute approximate surface area is 147 Å². The number of hydrogen-bond acceptors (Lipinski definition) is 5. The lowest BCUT2D eigenvalue weighted by Gasteiger charge is -2.33. The van der Waals surface area contributed by atoms with Gasteiger partial charge in [0.05, 0.1) is 17.2 Å². The number of benzene rings is 1. The zero-order valence-electron chi connectivity index (χ0n) is 14.4. The number of amides is 1. The molecule has 1 N–H and O–H groups in total. The molecule has 25 heavy (non-hydrogen) atoms. The number of nitrogens with one attached hydrogen (secondary N) is 1. The number of fused-ring (bicyclic) bond motifs is 1. The van der Waals surface area contributed by atoms with Gasteiger partial charge < -0.3 is 15.0 Å². The van der Waals surface area contributed by atoms with Crippen molar-refractivity contribution in [3.8, 4) is 0 Å². The molecule has 1 aromatic heterocycles. The highest BCUT2D eigenvalue weighted by molar-refractivity contribution is 5.79. The number of hydrogen-bond donors (Lipinski definition) is 1. The van der Waals surface area contributed by atoms with Gasteiger partial charge in [0.1, 0.15) is 5.82 Å². The monoisotopic (exact) mass is 340 g/mol. The van der Waals surface area contributed by atoms with Gasteiger partial charge in [0.25, 0.3) is 0 Å². The minimum Gasteiger partial charge on any atom is -0.381 e. The van der Waals surface area contributed by atoms with Crippen LogP contribution in [0.4, 0.5) is 5.82 Å². The third kappa shape index (κ3) is 3.74. The minimum atomic E-state index is 0.104. The number of ether oxygens (including phenoxy) is 1. The average Bonchev–Trinajstić information content (AvgIpc) is 2.68. The molecule has 2 fully saturated rings. The number of carbonyl (C=O) groups is 1. The summed E-state index contributed by atoms with van der Waals surface area (Å²) in [6.45, 7) is 3.20. The van der Waals surface area contributed by atoms with Crippen molar-refractivity contribution in [1.82, 2.24) is 15.3 Å². The van der Waals surface area contributed by atoms with Gasteiger partial charge in [-0.15, -0.1) is 0 Å². The van der Waals surface area contributed by atoms with Gasteiger partial charge in [0.15, 0.2) is 0 Å². The summed E-state index contributed by atoms with van der Waals surface area (Å²) in [6.07, 6.45) is 5.42. The summed E-state index contributed by atoms with van der Waals surface area (Å²) in [5.41, 5.74) is 1.83. The number of para-hydroxylation sites is 2. The number of piperidine rings is 1. The van der Waals surface area contributed by atoms with Crippen molar-refractivity contribution >= 4 is 22.8 Å². The molecule has 6 nitrogen and oxygen atoms in total. The van der Waals surface area contributed by atoms with Crippen molar-refractivity contribution in [1.29, 1.82) is 0 Å². The van der Waals surface area contributed by atoms with E-state index in [1.807, 2.05) is 30.5 Å². The van der Waals surface area contributed by atoms with Crippen molar-refractivity contribution in [2.45, 2.75) is 31.7 Å². The van der Waals surface area contributed by atoms with E-state index in [1.54, 1.807) is 0 Å². The SMILES string of the molecule is O=C(NC1CCOCC1)C1CCN(c2cnc3ccccc3n2)CC1. The second-order valence-corrected chi connectivity index (χ2v) is 6.87. The number of nitrogens with zero attached hydrogens (tertiary/aromatic N) is 3. The minimum absolute atomic E-state index is 0.104. The first-order chi connectivity index (χ1) is 12.3. The van der Waals surface area contributed by atoms with E-state index in [0.717, 1.165) is 68.8 Å². The second-order valence-electron chi connectivity index (χ2n) is 6.87. The Morgan fingerprint density at radius 2 is 1.80 bits per heavy atom. The van der Waals surface area contributed by atoms with Crippen LogP contribution in [-0.2, 0) is 9.53 Å². The first-order valence-corrected chi connectivity index (χ1v) is 9.14. The lowest BCUT2D eigenvalue weighted by molar-refractivity contribution is -0.126. The van der Waals surface area contributed by atoms with Crippen molar-refractivity contribution < 1.29 is 9.53 Å². The van der Waals surface area contributed by atoms with E-state index < -0.39 is 0 Å². The normalized spacial score (nSPS) is 19.9. The van der Waals surface area contributed by atoms with Gasteiger partial charge in [-0.1, -0.05) is 12.1 Å². The van der Waals surface area contributed by atoms with E-state index in [4.69, 9.17) is 9.72 Å². The molecule has 1 amide bonds. The Bertz CT molecular complexity index is 737. The maximum atomic E-state index is 12.5. The molecule has 0 radical (unpaired) electrons. The van der Waals surface area contributed by atoms with Gasteiger partial charge in [-0.05, 0) is 37.8 Å². The molecule has 0 spiro atoms. The molecule has 132 valence electrons. The van der Waals surface area contributed by atoms with Crippen molar-refractivity contribution in [2.24, 2.45) is 5.92 Å². The average molecular weight is 340 g/mol. The smallest absolute Gasteiger partial charge is 0.223 e. The highest BCUT2D eigenvalue weighted by Gasteiger charge is 2.27. The van der Waals surface area contributed by atoms with Crippen LogP contribution in [-0.4, -0.2) is 48.2 Å². The van der Waals surface area contributed by atoms with Crippen molar-refractivity contribution in [3.63, 3.8) is 0 Å². The third-order valence-electron chi connectivity index (χ3n) is 5.19. The first-order valence-electron chi connectivity index (χ1n) is 9.14. The van der Waals surface area contributed by atoms with E-state index in [2.05, 4.69) is 15.2 Å². The Morgan fingerprint density at radius 3 is 2.56 bits per heavy atom. The molecule has 0 atom stereocenters. The predicted octanol–water partition coefficient (Wildman–Crippen LogP) is 2.14. The first kappa shape index (κ1) is 16.3. The van der Waals surface area contributed by atoms with Crippen LogP contribution in [0.3, 0.4) is 0 Å². The molecule has 2 saturated heterocycles. The molecule has 4 rings (SSSR count). The second kappa shape index (κ2) is 7.35. The summed E-state index contributed by atoms with van der Waals surface area (Å²) >= 11 is 0. The fourth-order valence-electron chi connectivity index (χ4n) is 3.63. The van der Waals surface area contributed by atoms with Crippen LogP contribution in [0, 0.1) is 5.92 Å². The summed E-state index contributed by atoms with van der Waals surface area (Å²) in [6, 6.07) is 8.19. The summed E-state index contributed by atoms with van der Waals surface area (Å²) in [5, 5.41) is 3.20. The molecule has 2 aromatic rings. The van der Waals surface area contributed by atoms with E-state index in [-0.39, 0.29) is 17.9 Å². The Kier molecular flexibility index (Phi) is 4.78. The van der Waals surface area contributed by atoms with Crippen LogP contribution in [0.1, 0.15) is 25.7 Å². The zero-order valence-corrected chi connectivity index (χ0v) is 14.4. The molecule has 0 unspecified atom stereocenters. The molecule has 0 bridgehead atoms. The number of anilines is 1. The largest absolute Gasteiger partial charge is 0.381 e. The van der Waals surface area contributed by atoms with Crippen LogP contribution in [0.5, 0.6) is 0 Å². The molecule has 0 saturated carbocycles. The van der Waals surface area contributed by atoms with Gasteiger partial charge in [-0.25, -0.2) is 4.98 Å². The third-order valence-corrected chi connectivity index (χ3v) is 5.19. The molecule has 0 aliphatic carbocycles. The molecular weight excluding hydrogens is 316 g/mol. The van der Waals surface area contributed by atoms with E-state index >= 15 is 0 Å². The Hall–Kier alpha value is -2.21. The molecule has 2 aliphatic rings. The summed E-state index contributed by atoms with van der Waals surface area (Å²) in [4.78, 5) is 23.9. The highest BCUT2D eigenvalue weighted by atomic mass is 16.5. The fraction of sp³-hybridized carbons (Fsp3) is 0.526. The van der Waals surface area contributed by atoms with Gasteiger partial charge >= 0.3 is 0 Å². The zero-order chi connectivity index (χ0) is 17.1. The molecule has 2 aliphatic heterocycles. The standard InChI is InChI=1S/C19H24N4O2/c24-19(21-15-7-11-25-12-8-15)14-5-9-23(10-6-14)18-13-20-16-3-1-2-4-17(16)22-18/h1-4,13-15H,5-12H2,(H,21,24). The summed E-state index contributed by atoms with van der Waals surface area (Å²) < 4.78 is 5.35. The quantitative estimate of drug-likeness (QED) is 0.927. The predicted molar refractivity (Wildman–Crippen MR) is 96.5 cm³/mol. The lowest BCUT2D eigenvalue weighted by atomic mass is 9.95. The van der Waals surface area contributed by atoms with Crippen molar-refractivity contribution in [3.05, 3.63) is 30.5 Å². The van der Waals surface area contributed by atoms with Crippen LogP contribution in [0.15, 0.2) is 30.5 Å². The van der Waals surface area contributed by atoms with E-state index in [9.17, 15) is 4.79 Å². The van der Waals surface area contributed by atoms with Gasteiger partial charge in [-0.3, -0.25) is 9.78 Å². The molecule has 3 heterocycles. The van der Waals surface area contributed by atoms with Gasteiger partial charge in [-0.2, -0.15) is 0 Å². The van der Waals surface area contributed by atoms with Crippen LogP contribution < -0.4 is 10.2 Å². The van der Waals surface area contributed by atoms with E-state index in [0.29, 0.717) is 0 Å². The van der Waals surface area contributed by atoms with E-state index in [1.165, 1.54) is 0 Å². The van der Waals surface area contributed by atoms with Crippen LogP contribution in [0.25, 0.3) is 11.0 Å². The van der Waals surface area contributed by atoms with Crippen LogP contribution >= 0.6 is 0 Å². The van der Waals surface area contributed by atoms with Gasteiger partial charge in [0.2, 0.25) is 5.91 Å². The highest BCUT2D eigenvalue weighted by Crippen LogP contribution is 2.23.